The fourth-order valence-electron chi connectivity index (χ4n) is 0.418. The van der Waals surface area contributed by atoms with E-state index in [1.807, 2.05) is 0 Å². The number of carbonyl (C=O) groups is 1. The molecule has 0 saturated heterocycles. The molecule has 0 aromatic carbocycles. The van der Waals surface area contributed by atoms with Crippen molar-refractivity contribution in [3.8, 4) is 0 Å². The quantitative estimate of drug-likeness (QED) is 0.600. The van der Waals surface area contributed by atoms with Crippen molar-refractivity contribution in [2.24, 2.45) is 5.73 Å². The molecule has 1 aromatic rings. The summed E-state index contributed by atoms with van der Waals surface area (Å²) in [5.74, 6) is -0.745. The van der Waals surface area contributed by atoms with Crippen LogP contribution in [0.5, 0.6) is 0 Å². The van der Waals surface area contributed by atoms with Crippen LogP contribution in [0.4, 0.5) is 0 Å². The Morgan fingerprint density at radius 3 is 2.46 bits per heavy atom. The van der Waals surface area contributed by atoms with E-state index >= 15 is 0 Å². The Morgan fingerprint density at radius 2 is 2.31 bits per heavy atom. The van der Waals surface area contributed by atoms with E-state index in [4.69, 9.17) is 10.8 Å². The fraction of sp³-hybridized carbons (Fsp3) is 0.429. The van der Waals surface area contributed by atoms with Gasteiger partial charge in [-0.2, -0.15) is 0 Å². The molecule has 0 spiro atoms. The van der Waals surface area contributed by atoms with Crippen LogP contribution in [0, 0.1) is 0 Å². The van der Waals surface area contributed by atoms with Crippen LogP contribution in [0.1, 0.15) is 19.0 Å². The van der Waals surface area contributed by atoms with Gasteiger partial charge in [0.05, 0.1) is 5.69 Å². The zero-order valence-electron chi connectivity index (χ0n) is 7.24. The van der Waals surface area contributed by atoms with Gasteiger partial charge in [0, 0.05) is 19.0 Å². The first-order chi connectivity index (χ1) is 6.10. The molecule has 0 aliphatic rings. The van der Waals surface area contributed by atoms with Crippen LogP contribution >= 0.6 is 0 Å². The van der Waals surface area contributed by atoms with E-state index in [0.29, 0.717) is 12.2 Å². The average molecular weight is 188 g/mol. The molecule has 0 fully saturated rings. The number of aliphatic carboxylic acids is 1. The van der Waals surface area contributed by atoms with Crippen LogP contribution in [0.15, 0.2) is 15.4 Å². The van der Waals surface area contributed by atoms with Gasteiger partial charge in [0.25, 0.3) is 0 Å². The smallest absolute Gasteiger partial charge is 0.357 e. The van der Waals surface area contributed by atoms with Crippen LogP contribution in [-0.2, 0) is 11.3 Å². The Bertz CT molecular complexity index is 301. The van der Waals surface area contributed by atoms with E-state index in [1.54, 1.807) is 6.92 Å². The van der Waals surface area contributed by atoms with Gasteiger partial charge in [-0.3, -0.25) is 4.79 Å². The standard InChI is InChI=1S/C4H6N2O2.C3H6O2/c5-2-3-1-4(7)8-6-3;1-2-3(4)5/h1,6H,2,5H2;2H2,1H3,(H,4,5). The van der Waals surface area contributed by atoms with Crippen molar-refractivity contribution in [1.82, 2.24) is 5.16 Å². The van der Waals surface area contributed by atoms with Gasteiger partial charge in [0.15, 0.2) is 0 Å². The van der Waals surface area contributed by atoms with Gasteiger partial charge in [-0.05, 0) is 0 Å². The molecule has 74 valence electrons. The van der Waals surface area contributed by atoms with Crippen LogP contribution in [0.3, 0.4) is 0 Å². The van der Waals surface area contributed by atoms with Gasteiger partial charge in [-0.1, -0.05) is 6.92 Å². The normalized spacial score (nSPS) is 8.77. The summed E-state index contributed by atoms with van der Waals surface area (Å²) in [4.78, 5) is 19.6. The number of H-pyrrole nitrogens is 1. The second-order valence-corrected chi connectivity index (χ2v) is 2.14. The summed E-state index contributed by atoms with van der Waals surface area (Å²) in [7, 11) is 0. The van der Waals surface area contributed by atoms with Crippen molar-refractivity contribution in [2.45, 2.75) is 19.9 Å². The lowest BCUT2D eigenvalue weighted by atomic mass is 10.4. The maximum absolute atomic E-state index is 10.2. The number of aromatic amines is 1. The minimum Gasteiger partial charge on any atom is -0.481 e. The molecule has 0 saturated carbocycles. The van der Waals surface area contributed by atoms with Crippen molar-refractivity contribution in [1.29, 1.82) is 0 Å². The maximum Gasteiger partial charge on any atom is 0.357 e. The van der Waals surface area contributed by atoms with Gasteiger partial charge >= 0.3 is 11.6 Å². The predicted octanol–water partition coefficient (Wildman–Crippen LogP) is -0.0924. The lowest BCUT2D eigenvalue weighted by Crippen LogP contribution is -1.95. The number of carboxylic acid groups (broad SMARTS) is 1. The second kappa shape index (κ2) is 6.01. The minimum atomic E-state index is -0.745. The average Bonchev–Trinajstić information content (AvgIpc) is 2.52. The van der Waals surface area contributed by atoms with Crippen LogP contribution in [-0.4, -0.2) is 16.2 Å². The van der Waals surface area contributed by atoms with Crippen LogP contribution in [0.2, 0.25) is 0 Å². The summed E-state index contributed by atoms with van der Waals surface area (Å²) >= 11 is 0. The number of hydrogen-bond acceptors (Lipinski definition) is 4. The summed E-state index contributed by atoms with van der Waals surface area (Å²) < 4.78 is 4.29. The highest BCUT2D eigenvalue weighted by Crippen LogP contribution is 1.82. The molecule has 4 N–H and O–H groups in total. The first kappa shape index (κ1) is 11.4. The number of rotatable bonds is 2. The molecule has 1 rings (SSSR count). The Labute approximate surface area is 74.3 Å². The Morgan fingerprint density at radius 1 is 1.77 bits per heavy atom. The van der Waals surface area contributed by atoms with Crippen molar-refractivity contribution >= 4 is 5.97 Å². The summed E-state index contributed by atoms with van der Waals surface area (Å²) in [6.45, 7) is 1.91. The number of carboxylic acids is 1. The second-order valence-electron chi connectivity index (χ2n) is 2.14. The van der Waals surface area contributed by atoms with Crippen molar-refractivity contribution < 1.29 is 14.4 Å². The number of hydrogen-bond donors (Lipinski definition) is 3. The van der Waals surface area contributed by atoms with Crippen molar-refractivity contribution in [3.05, 3.63) is 22.2 Å². The highest BCUT2D eigenvalue weighted by Gasteiger charge is 1.91. The molecule has 0 aliphatic carbocycles. The minimum absolute atomic E-state index is 0.222. The first-order valence-electron chi connectivity index (χ1n) is 3.69. The molecule has 0 bridgehead atoms. The fourth-order valence-corrected chi connectivity index (χ4v) is 0.418. The van der Waals surface area contributed by atoms with Gasteiger partial charge < -0.3 is 15.4 Å². The van der Waals surface area contributed by atoms with Crippen LogP contribution < -0.4 is 11.4 Å². The predicted molar refractivity (Wildman–Crippen MR) is 45.1 cm³/mol. The molecule has 1 heterocycles. The maximum atomic E-state index is 10.2. The molecule has 6 nitrogen and oxygen atoms in total. The monoisotopic (exact) mass is 188 g/mol. The van der Waals surface area contributed by atoms with Crippen molar-refractivity contribution in [3.63, 3.8) is 0 Å². The van der Waals surface area contributed by atoms with Gasteiger partial charge in [-0.25, -0.2) is 9.95 Å². The third-order valence-electron chi connectivity index (χ3n) is 1.10. The number of nitrogens with one attached hydrogen (secondary N) is 1. The Hall–Kier alpha value is -1.56. The summed E-state index contributed by atoms with van der Waals surface area (Å²) in [5, 5.41) is 10.1. The highest BCUT2D eigenvalue weighted by atomic mass is 16.5. The molecule has 0 aliphatic heterocycles. The van der Waals surface area contributed by atoms with E-state index < -0.39 is 5.97 Å². The molecular formula is C7H12N2O4. The van der Waals surface area contributed by atoms with E-state index in [9.17, 15) is 9.59 Å². The van der Waals surface area contributed by atoms with Gasteiger partial charge in [0.2, 0.25) is 0 Å². The van der Waals surface area contributed by atoms with Crippen LogP contribution in [0.25, 0.3) is 0 Å². The largest absolute Gasteiger partial charge is 0.481 e. The van der Waals surface area contributed by atoms with E-state index in [2.05, 4.69) is 9.68 Å². The van der Waals surface area contributed by atoms with Gasteiger partial charge in [0.1, 0.15) is 0 Å². The Kier molecular flexibility index (Phi) is 5.29. The molecular weight excluding hydrogens is 176 g/mol. The summed E-state index contributed by atoms with van der Waals surface area (Å²) in [6.07, 6.45) is 0.222. The molecule has 13 heavy (non-hydrogen) atoms. The Balaban J connectivity index is 0.000000252. The van der Waals surface area contributed by atoms with E-state index in [0.717, 1.165) is 0 Å². The molecule has 0 unspecified atom stereocenters. The molecule has 1 aromatic heterocycles. The molecule has 0 radical (unpaired) electrons. The highest BCUT2D eigenvalue weighted by molar-refractivity contribution is 5.66. The lowest BCUT2D eigenvalue weighted by Gasteiger charge is -1.78. The lowest BCUT2D eigenvalue weighted by molar-refractivity contribution is -0.136. The molecule has 0 atom stereocenters. The van der Waals surface area contributed by atoms with E-state index in [-0.39, 0.29) is 12.0 Å². The SMILES string of the molecule is CCC(=O)O.NCc1cc(=O)o[nH]1. The summed E-state index contributed by atoms with van der Waals surface area (Å²) in [6, 6.07) is 1.32. The van der Waals surface area contributed by atoms with Crippen molar-refractivity contribution in [2.75, 3.05) is 0 Å². The number of nitrogens with two attached hydrogens (primary N) is 1. The third kappa shape index (κ3) is 5.68. The zero-order chi connectivity index (χ0) is 10.3. The molecule has 0 amide bonds. The van der Waals surface area contributed by atoms with Gasteiger partial charge in [-0.15, -0.1) is 0 Å². The topological polar surface area (TPSA) is 109 Å². The zero-order valence-corrected chi connectivity index (χ0v) is 7.24. The van der Waals surface area contributed by atoms with E-state index in [1.165, 1.54) is 6.07 Å². The number of aromatic nitrogens is 1. The summed E-state index contributed by atoms with van der Waals surface area (Å²) in [5.41, 5.74) is 5.37. The first-order valence-corrected chi connectivity index (χ1v) is 3.69. The third-order valence-corrected chi connectivity index (χ3v) is 1.10. The molecule has 6 heteroatoms.